The Hall–Kier alpha value is -2.14. The summed E-state index contributed by atoms with van der Waals surface area (Å²) in [6, 6.07) is 10.2. The lowest BCUT2D eigenvalue weighted by molar-refractivity contribution is 0.0853. The van der Waals surface area contributed by atoms with Crippen LogP contribution in [0.25, 0.3) is 11.4 Å². The van der Waals surface area contributed by atoms with Gasteiger partial charge in [-0.2, -0.15) is 0 Å². The van der Waals surface area contributed by atoms with E-state index in [1.54, 1.807) is 0 Å². The number of carbonyl (C=O) groups is 1. The van der Waals surface area contributed by atoms with Gasteiger partial charge in [0, 0.05) is 25.3 Å². The van der Waals surface area contributed by atoms with E-state index in [0.29, 0.717) is 12.2 Å². The predicted octanol–water partition coefficient (Wildman–Crippen LogP) is 3.19. The number of carbonyl (C=O) groups excluding carboxylic acids is 1. The molecule has 2 aliphatic heterocycles. The van der Waals surface area contributed by atoms with Crippen molar-refractivity contribution >= 4 is 5.91 Å². The van der Waals surface area contributed by atoms with Gasteiger partial charge in [0.25, 0.3) is 5.91 Å². The summed E-state index contributed by atoms with van der Waals surface area (Å²) in [5, 5.41) is 3.04. The number of benzene rings is 1. The Balaban J connectivity index is 1.62. The maximum atomic E-state index is 12.8. The highest BCUT2D eigenvalue weighted by atomic mass is 16.5. The second-order valence-corrected chi connectivity index (χ2v) is 6.90. The molecule has 25 heavy (non-hydrogen) atoms. The van der Waals surface area contributed by atoms with Gasteiger partial charge in [0.1, 0.15) is 11.5 Å². The molecule has 0 unspecified atom stereocenters. The summed E-state index contributed by atoms with van der Waals surface area (Å²) in [5.41, 5.74) is 2.75. The van der Waals surface area contributed by atoms with Crippen molar-refractivity contribution in [1.82, 2.24) is 14.9 Å². The van der Waals surface area contributed by atoms with Gasteiger partial charge in [-0.05, 0) is 32.1 Å². The van der Waals surface area contributed by atoms with Crippen LogP contribution >= 0.6 is 0 Å². The SMILES string of the molecule is O=C(NC[C@@H]1CCCO1)c1nc(-c2ccccc2)n2c1CCCCC2. The van der Waals surface area contributed by atoms with Gasteiger partial charge in [0.05, 0.1) is 11.8 Å². The molecular weight excluding hydrogens is 314 g/mol. The smallest absolute Gasteiger partial charge is 0.271 e. The first-order valence-corrected chi connectivity index (χ1v) is 9.37. The lowest BCUT2D eigenvalue weighted by Gasteiger charge is -2.11. The third-order valence-electron chi connectivity index (χ3n) is 5.13. The van der Waals surface area contributed by atoms with Crippen LogP contribution in [-0.4, -0.2) is 34.7 Å². The molecule has 0 aliphatic carbocycles. The summed E-state index contributed by atoms with van der Waals surface area (Å²) in [7, 11) is 0. The van der Waals surface area contributed by atoms with Gasteiger partial charge >= 0.3 is 0 Å². The quantitative estimate of drug-likeness (QED) is 0.931. The van der Waals surface area contributed by atoms with Crippen molar-refractivity contribution in [3.63, 3.8) is 0 Å². The van der Waals surface area contributed by atoms with Crippen molar-refractivity contribution < 1.29 is 9.53 Å². The van der Waals surface area contributed by atoms with Crippen LogP contribution in [0.15, 0.2) is 30.3 Å². The highest BCUT2D eigenvalue weighted by molar-refractivity contribution is 5.94. The van der Waals surface area contributed by atoms with E-state index in [4.69, 9.17) is 9.72 Å². The van der Waals surface area contributed by atoms with E-state index in [1.165, 1.54) is 6.42 Å². The molecule has 1 fully saturated rings. The van der Waals surface area contributed by atoms with Crippen molar-refractivity contribution in [3.8, 4) is 11.4 Å². The minimum absolute atomic E-state index is 0.0664. The van der Waals surface area contributed by atoms with Crippen LogP contribution in [0.3, 0.4) is 0 Å². The molecule has 2 aliphatic rings. The fourth-order valence-electron chi connectivity index (χ4n) is 3.80. The molecule has 3 heterocycles. The second kappa shape index (κ2) is 7.40. The molecule has 1 saturated heterocycles. The van der Waals surface area contributed by atoms with Gasteiger partial charge in [0.15, 0.2) is 0 Å². The predicted molar refractivity (Wildman–Crippen MR) is 96.5 cm³/mol. The number of rotatable bonds is 4. The number of nitrogens with zero attached hydrogens (tertiary/aromatic N) is 2. The van der Waals surface area contributed by atoms with E-state index >= 15 is 0 Å². The summed E-state index contributed by atoms with van der Waals surface area (Å²) in [5.74, 6) is 0.850. The van der Waals surface area contributed by atoms with Crippen LogP contribution in [0.4, 0.5) is 0 Å². The highest BCUT2D eigenvalue weighted by Gasteiger charge is 2.25. The zero-order valence-corrected chi connectivity index (χ0v) is 14.5. The summed E-state index contributed by atoms with van der Waals surface area (Å²) in [6.45, 7) is 2.32. The monoisotopic (exact) mass is 339 g/mol. The number of hydrogen-bond donors (Lipinski definition) is 1. The van der Waals surface area contributed by atoms with E-state index < -0.39 is 0 Å². The molecule has 1 amide bonds. The summed E-state index contributed by atoms with van der Waals surface area (Å²) >= 11 is 0. The molecule has 5 heteroatoms. The number of amides is 1. The van der Waals surface area contributed by atoms with Crippen LogP contribution < -0.4 is 5.32 Å². The Labute approximate surface area is 148 Å². The largest absolute Gasteiger partial charge is 0.376 e. The first-order valence-electron chi connectivity index (χ1n) is 9.37. The fraction of sp³-hybridized carbons (Fsp3) is 0.500. The zero-order chi connectivity index (χ0) is 17.1. The molecule has 1 aromatic carbocycles. The molecule has 1 aromatic heterocycles. The molecule has 132 valence electrons. The van der Waals surface area contributed by atoms with Gasteiger partial charge in [-0.1, -0.05) is 36.8 Å². The summed E-state index contributed by atoms with van der Waals surface area (Å²) in [4.78, 5) is 17.5. The van der Waals surface area contributed by atoms with Crippen molar-refractivity contribution in [3.05, 3.63) is 41.7 Å². The van der Waals surface area contributed by atoms with Gasteiger partial charge in [-0.15, -0.1) is 0 Å². The number of hydrogen-bond acceptors (Lipinski definition) is 3. The lowest BCUT2D eigenvalue weighted by Crippen LogP contribution is -2.32. The Morgan fingerprint density at radius 1 is 1.20 bits per heavy atom. The maximum Gasteiger partial charge on any atom is 0.271 e. The highest BCUT2D eigenvalue weighted by Crippen LogP contribution is 2.27. The van der Waals surface area contributed by atoms with Crippen LogP contribution in [-0.2, 0) is 17.7 Å². The van der Waals surface area contributed by atoms with Gasteiger partial charge in [-0.3, -0.25) is 4.79 Å². The Bertz CT molecular complexity index is 733. The van der Waals surface area contributed by atoms with Gasteiger partial charge in [-0.25, -0.2) is 4.98 Å². The van der Waals surface area contributed by atoms with Gasteiger partial charge in [0.2, 0.25) is 0 Å². The van der Waals surface area contributed by atoms with Crippen LogP contribution in [0, 0.1) is 0 Å². The molecule has 1 N–H and O–H groups in total. The van der Waals surface area contributed by atoms with E-state index in [1.807, 2.05) is 18.2 Å². The van der Waals surface area contributed by atoms with Gasteiger partial charge < -0.3 is 14.6 Å². The number of fused-ring (bicyclic) bond motifs is 1. The molecule has 0 radical (unpaired) electrons. The van der Waals surface area contributed by atoms with Crippen molar-refractivity contribution in [2.24, 2.45) is 0 Å². The number of imidazole rings is 1. The second-order valence-electron chi connectivity index (χ2n) is 6.90. The number of nitrogens with one attached hydrogen (secondary N) is 1. The van der Waals surface area contributed by atoms with Crippen LogP contribution in [0.5, 0.6) is 0 Å². The molecule has 2 aromatic rings. The minimum atomic E-state index is -0.0664. The molecule has 0 saturated carbocycles. The molecule has 5 nitrogen and oxygen atoms in total. The van der Waals surface area contributed by atoms with E-state index in [2.05, 4.69) is 22.0 Å². The molecule has 4 rings (SSSR count). The molecule has 1 atom stereocenters. The van der Waals surface area contributed by atoms with E-state index in [9.17, 15) is 4.79 Å². The lowest BCUT2D eigenvalue weighted by atomic mass is 10.1. The molecule has 0 spiro atoms. The summed E-state index contributed by atoms with van der Waals surface area (Å²) < 4.78 is 7.86. The topological polar surface area (TPSA) is 56.1 Å². The third-order valence-corrected chi connectivity index (χ3v) is 5.13. The fourth-order valence-corrected chi connectivity index (χ4v) is 3.80. The average molecular weight is 339 g/mol. The standard InChI is InChI=1S/C20H25N3O2/c24-20(21-14-16-10-7-13-25-16)18-17-11-5-2-6-12-23(17)19(22-18)15-8-3-1-4-9-15/h1,3-4,8-9,16H,2,5-7,10-14H2,(H,21,24)/t16-/m0/s1. The van der Waals surface area contributed by atoms with E-state index in [0.717, 1.165) is 62.3 Å². The molecular formula is C20H25N3O2. The van der Waals surface area contributed by atoms with E-state index in [-0.39, 0.29) is 12.0 Å². The first-order chi connectivity index (χ1) is 12.3. The normalized spacial score (nSPS) is 20.1. The minimum Gasteiger partial charge on any atom is -0.376 e. The van der Waals surface area contributed by atoms with Crippen molar-refractivity contribution in [2.75, 3.05) is 13.2 Å². The van der Waals surface area contributed by atoms with Crippen molar-refractivity contribution in [1.29, 1.82) is 0 Å². The Morgan fingerprint density at radius 2 is 2.08 bits per heavy atom. The summed E-state index contributed by atoms with van der Waals surface area (Å²) in [6.07, 6.45) is 6.63. The average Bonchev–Trinajstić information content (AvgIpc) is 3.23. The van der Waals surface area contributed by atoms with Crippen LogP contribution in [0.2, 0.25) is 0 Å². The number of aromatic nitrogens is 2. The first kappa shape index (κ1) is 16.3. The molecule has 0 bridgehead atoms. The number of ether oxygens (including phenoxy) is 1. The Kier molecular flexibility index (Phi) is 4.83. The Morgan fingerprint density at radius 3 is 2.88 bits per heavy atom. The zero-order valence-electron chi connectivity index (χ0n) is 14.5. The van der Waals surface area contributed by atoms with Crippen LogP contribution in [0.1, 0.15) is 48.3 Å². The van der Waals surface area contributed by atoms with Crippen molar-refractivity contribution in [2.45, 2.75) is 51.2 Å². The third kappa shape index (κ3) is 3.47. The maximum absolute atomic E-state index is 12.8.